The molecule has 1 aliphatic rings. The van der Waals surface area contributed by atoms with Crippen LogP contribution in [0.4, 0.5) is 19.3 Å². The number of hydrogen-bond donors (Lipinski definition) is 2. The fourth-order valence-corrected chi connectivity index (χ4v) is 2.36. The number of carboxylic acid groups (broad SMARTS) is 1. The van der Waals surface area contributed by atoms with Crippen LogP contribution in [0.1, 0.15) is 6.42 Å². The maximum Gasteiger partial charge on any atom is 0.322 e. The number of carbonyl (C=O) groups excluding carboxylic acids is 1. The van der Waals surface area contributed by atoms with Crippen LogP contribution in [0.2, 0.25) is 0 Å². The maximum atomic E-state index is 13.5. The molecule has 0 radical (unpaired) electrons. The van der Waals surface area contributed by atoms with Crippen molar-refractivity contribution in [3.8, 4) is 0 Å². The highest BCUT2D eigenvalue weighted by Crippen LogP contribution is 2.25. The Morgan fingerprint density at radius 2 is 1.90 bits per heavy atom. The molecule has 2 amide bonds. The number of hydrogen-bond acceptors (Lipinski definition) is 2. The average Bonchev–Trinajstić information content (AvgIpc) is 2.27. The first-order chi connectivity index (χ1) is 9.36. The number of halogens is 3. The van der Waals surface area contributed by atoms with Crippen molar-refractivity contribution in [2.24, 2.45) is 5.92 Å². The molecule has 0 unspecified atom stereocenters. The Labute approximate surface area is 121 Å². The van der Waals surface area contributed by atoms with Crippen LogP contribution in [-0.4, -0.2) is 35.1 Å². The Morgan fingerprint density at radius 1 is 1.35 bits per heavy atom. The van der Waals surface area contributed by atoms with Gasteiger partial charge in [-0.25, -0.2) is 13.6 Å². The molecule has 1 aromatic carbocycles. The van der Waals surface area contributed by atoms with Crippen molar-refractivity contribution in [2.45, 2.75) is 6.42 Å². The van der Waals surface area contributed by atoms with Crippen molar-refractivity contribution in [2.75, 3.05) is 18.4 Å². The highest BCUT2D eigenvalue weighted by Gasteiger charge is 2.32. The lowest BCUT2D eigenvalue weighted by Crippen LogP contribution is -2.52. The van der Waals surface area contributed by atoms with E-state index in [2.05, 4.69) is 21.2 Å². The summed E-state index contributed by atoms with van der Waals surface area (Å²) in [4.78, 5) is 23.5. The van der Waals surface area contributed by atoms with Crippen molar-refractivity contribution in [3.05, 3.63) is 28.2 Å². The second-order valence-corrected chi connectivity index (χ2v) is 5.46. The number of benzene rings is 1. The number of nitrogens with zero attached hydrogens (tertiary/aromatic N) is 1. The molecule has 2 rings (SSSR count). The van der Waals surface area contributed by atoms with Crippen LogP contribution in [-0.2, 0) is 4.79 Å². The van der Waals surface area contributed by atoms with Gasteiger partial charge in [0.15, 0.2) is 11.6 Å². The number of anilines is 1. The third kappa shape index (κ3) is 3.24. The summed E-state index contributed by atoms with van der Waals surface area (Å²) in [6, 6.07) is 1.44. The molecule has 0 bridgehead atoms. The van der Waals surface area contributed by atoms with E-state index >= 15 is 0 Å². The molecule has 0 aromatic heterocycles. The number of likely N-dealkylation sites (tertiary alicyclic amines) is 1. The van der Waals surface area contributed by atoms with Gasteiger partial charge >= 0.3 is 12.0 Å². The maximum absolute atomic E-state index is 13.5. The number of carboxylic acids is 1. The van der Waals surface area contributed by atoms with Crippen LogP contribution in [0.5, 0.6) is 0 Å². The Bertz CT molecular complexity index is 539. The van der Waals surface area contributed by atoms with Crippen molar-refractivity contribution in [3.63, 3.8) is 0 Å². The Morgan fingerprint density at radius 3 is 2.40 bits per heavy atom. The van der Waals surface area contributed by atoms with Gasteiger partial charge in [-0.2, -0.15) is 0 Å². The summed E-state index contributed by atoms with van der Waals surface area (Å²) in [5.74, 6) is -2.81. The van der Waals surface area contributed by atoms with Crippen LogP contribution in [0.3, 0.4) is 0 Å². The van der Waals surface area contributed by atoms with Gasteiger partial charge in [0.05, 0.1) is 6.42 Å². The molecular formula is C12H11BrF2N2O3. The smallest absolute Gasteiger partial charge is 0.322 e. The van der Waals surface area contributed by atoms with E-state index < -0.39 is 29.3 Å². The first-order valence-corrected chi connectivity index (χ1v) is 6.58. The second-order valence-electron chi connectivity index (χ2n) is 4.54. The number of carbonyl (C=O) groups is 2. The van der Waals surface area contributed by atoms with Gasteiger partial charge in [0.1, 0.15) is 5.69 Å². The number of amides is 2. The normalized spacial score (nSPS) is 14.8. The van der Waals surface area contributed by atoms with Crippen molar-refractivity contribution in [1.82, 2.24) is 4.90 Å². The van der Waals surface area contributed by atoms with Crippen LogP contribution in [0.15, 0.2) is 16.6 Å². The molecule has 0 saturated carbocycles. The van der Waals surface area contributed by atoms with Gasteiger partial charge in [-0.15, -0.1) is 0 Å². The van der Waals surface area contributed by atoms with Crippen LogP contribution >= 0.6 is 15.9 Å². The van der Waals surface area contributed by atoms with Crippen LogP contribution in [0, 0.1) is 17.6 Å². The Kier molecular flexibility index (Phi) is 4.22. The molecule has 0 atom stereocenters. The minimum atomic E-state index is -0.931. The molecular weight excluding hydrogens is 338 g/mol. The molecule has 1 aromatic rings. The summed E-state index contributed by atoms with van der Waals surface area (Å²) in [6.45, 7) is 0.524. The molecule has 20 heavy (non-hydrogen) atoms. The lowest BCUT2D eigenvalue weighted by Gasteiger charge is -2.38. The minimum absolute atomic E-state index is 0.0230. The number of nitrogens with one attached hydrogen (secondary N) is 1. The van der Waals surface area contributed by atoms with Gasteiger partial charge in [-0.1, -0.05) is 15.9 Å². The summed E-state index contributed by atoms with van der Waals surface area (Å²) in [5.41, 5.74) is -0.514. The van der Waals surface area contributed by atoms with Crippen molar-refractivity contribution >= 4 is 33.6 Å². The largest absolute Gasteiger partial charge is 0.481 e. The molecule has 0 aliphatic carbocycles. The fraction of sp³-hybridized carbons (Fsp3) is 0.333. The van der Waals surface area contributed by atoms with Gasteiger partial charge in [-0.05, 0) is 12.1 Å². The minimum Gasteiger partial charge on any atom is -0.481 e. The topological polar surface area (TPSA) is 69.6 Å². The van der Waals surface area contributed by atoms with E-state index in [1.807, 2.05) is 0 Å². The molecule has 5 nitrogen and oxygen atoms in total. The zero-order valence-corrected chi connectivity index (χ0v) is 11.8. The first-order valence-electron chi connectivity index (χ1n) is 5.79. The Hall–Kier alpha value is -1.70. The lowest BCUT2D eigenvalue weighted by molar-refractivity contribution is -0.139. The van der Waals surface area contributed by atoms with E-state index in [4.69, 9.17) is 5.11 Å². The van der Waals surface area contributed by atoms with E-state index in [1.165, 1.54) is 4.90 Å². The second kappa shape index (κ2) is 5.74. The van der Waals surface area contributed by atoms with Gasteiger partial charge in [0, 0.05) is 23.5 Å². The summed E-state index contributed by atoms with van der Waals surface area (Å²) >= 11 is 2.94. The predicted molar refractivity (Wildman–Crippen MR) is 70.4 cm³/mol. The monoisotopic (exact) mass is 348 g/mol. The van der Waals surface area contributed by atoms with E-state index in [0.717, 1.165) is 12.1 Å². The summed E-state index contributed by atoms with van der Waals surface area (Å²) < 4.78 is 27.3. The zero-order chi connectivity index (χ0) is 14.9. The SMILES string of the molecule is O=C(O)CC1CN(C(=O)Nc2c(F)cc(Br)cc2F)C1. The van der Waals surface area contributed by atoms with Gasteiger partial charge in [0.25, 0.3) is 0 Å². The summed E-state index contributed by atoms with van der Waals surface area (Å²) in [7, 11) is 0. The predicted octanol–water partition coefficient (Wildman–Crippen LogP) is 2.67. The molecule has 2 N–H and O–H groups in total. The molecule has 1 saturated heterocycles. The third-order valence-corrected chi connectivity index (χ3v) is 3.40. The van der Waals surface area contributed by atoms with E-state index in [1.54, 1.807) is 0 Å². The van der Waals surface area contributed by atoms with E-state index in [-0.39, 0.29) is 29.9 Å². The summed E-state index contributed by atoms with van der Waals surface area (Å²) in [6.07, 6.45) is -0.0230. The number of urea groups is 1. The molecule has 1 fully saturated rings. The average molecular weight is 349 g/mol. The highest BCUT2D eigenvalue weighted by molar-refractivity contribution is 9.10. The van der Waals surface area contributed by atoms with Gasteiger partial charge in [0.2, 0.25) is 0 Å². The molecule has 108 valence electrons. The van der Waals surface area contributed by atoms with Crippen LogP contribution < -0.4 is 5.32 Å². The fourth-order valence-electron chi connectivity index (χ4n) is 1.96. The van der Waals surface area contributed by atoms with Crippen LogP contribution in [0.25, 0.3) is 0 Å². The number of aliphatic carboxylic acids is 1. The Balaban J connectivity index is 1.95. The van der Waals surface area contributed by atoms with E-state index in [0.29, 0.717) is 0 Å². The number of rotatable bonds is 3. The van der Waals surface area contributed by atoms with E-state index in [9.17, 15) is 18.4 Å². The van der Waals surface area contributed by atoms with Gasteiger partial charge < -0.3 is 15.3 Å². The molecule has 1 heterocycles. The first kappa shape index (κ1) is 14.7. The molecule has 0 spiro atoms. The molecule has 8 heteroatoms. The quantitative estimate of drug-likeness (QED) is 0.882. The highest BCUT2D eigenvalue weighted by atomic mass is 79.9. The standard InChI is InChI=1S/C12H11BrF2N2O3/c13-7-2-8(14)11(9(15)3-7)16-12(20)17-4-6(5-17)1-10(18)19/h2-3,6H,1,4-5H2,(H,16,20)(H,18,19). The lowest BCUT2D eigenvalue weighted by atomic mass is 9.97. The third-order valence-electron chi connectivity index (χ3n) is 2.95. The zero-order valence-electron chi connectivity index (χ0n) is 10.2. The molecule has 1 aliphatic heterocycles. The summed E-state index contributed by atoms with van der Waals surface area (Å²) in [5, 5.41) is 10.7. The van der Waals surface area contributed by atoms with Crippen molar-refractivity contribution in [1.29, 1.82) is 0 Å². The van der Waals surface area contributed by atoms with Crippen molar-refractivity contribution < 1.29 is 23.5 Å². The van der Waals surface area contributed by atoms with Gasteiger partial charge in [-0.3, -0.25) is 4.79 Å².